The van der Waals surface area contributed by atoms with Crippen molar-refractivity contribution in [2.75, 3.05) is 26.5 Å². The first-order valence-corrected chi connectivity index (χ1v) is 8.97. The maximum absolute atomic E-state index is 5.80. The second kappa shape index (κ2) is 9.04. The summed E-state index contributed by atoms with van der Waals surface area (Å²) in [5.74, 6) is 2.32. The molecule has 0 saturated heterocycles. The third-order valence-electron chi connectivity index (χ3n) is 3.36. The molecule has 0 bridgehead atoms. The molecule has 0 unspecified atom stereocenters. The molecule has 0 spiro atoms. The van der Waals surface area contributed by atoms with E-state index in [1.54, 1.807) is 24.0 Å². The van der Waals surface area contributed by atoms with Gasteiger partial charge in [0, 0.05) is 17.9 Å². The van der Waals surface area contributed by atoms with E-state index in [1.807, 2.05) is 24.3 Å². The van der Waals surface area contributed by atoms with Crippen molar-refractivity contribution in [3.8, 4) is 23.5 Å². The molecule has 9 heteroatoms. The second-order valence-electron chi connectivity index (χ2n) is 5.13. The SMILES string of the molecule is COc1cc(OC)nc(Oc2ccccc2/C=N/NC2=NCCCS2)n1. The summed E-state index contributed by atoms with van der Waals surface area (Å²) in [6.45, 7) is 0.833. The molecule has 0 fully saturated rings. The first-order valence-electron chi connectivity index (χ1n) is 7.99. The number of aliphatic imine (C=N–C) groups is 1. The Morgan fingerprint density at radius 1 is 1.15 bits per heavy atom. The lowest BCUT2D eigenvalue weighted by atomic mass is 10.2. The molecule has 1 aliphatic heterocycles. The van der Waals surface area contributed by atoms with Crippen LogP contribution in [0.5, 0.6) is 23.5 Å². The van der Waals surface area contributed by atoms with Gasteiger partial charge in [-0.15, -0.1) is 0 Å². The molecule has 1 aliphatic rings. The van der Waals surface area contributed by atoms with E-state index in [1.165, 1.54) is 14.2 Å². The van der Waals surface area contributed by atoms with Gasteiger partial charge in [0.2, 0.25) is 11.8 Å². The number of thioether (sulfide) groups is 1. The Morgan fingerprint density at radius 3 is 2.62 bits per heavy atom. The smallest absolute Gasteiger partial charge is 0.328 e. The van der Waals surface area contributed by atoms with Crippen LogP contribution >= 0.6 is 11.8 Å². The van der Waals surface area contributed by atoms with E-state index in [4.69, 9.17) is 14.2 Å². The number of methoxy groups -OCH3 is 2. The van der Waals surface area contributed by atoms with Gasteiger partial charge >= 0.3 is 6.01 Å². The summed E-state index contributed by atoms with van der Waals surface area (Å²) >= 11 is 1.66. The molecule has 1 aromatic carbocycles. The van der Waals surface area contributed by atoms with Crippen molar-refractivity contribution in [3.05, 3.63) is 35.9 Å². The maximum atomic E-state index is 5.80. The number of aromatic nitrogens is 2. The number of para-hydroxylation sites is 1. The van der Waals surface area contributed by atoms with Crippen molar-refractivity contribution in [2.24, 2.45) is 10.1 Å². The van der Waals surface area contributed by atoms with Crippen LogP contribution in [0.3, 0.4) is 0 Å². The molecule has 2 heterocycles. The summed E-state index contributed by atoms with van der Waals surface area (Å²) in [5, 5.41) is 5.06. The van der Waals surface area contributed by atoms with Gasteiger partial charge in [-0.1, -0.05) is 23.9 Å². The number of hydrogen-bond donors (Lipinski definition) is 1. The molecule has 0 aliphatic carbocycles. The number of rotatable bonds is 6. The molecule has 0 saturated carbocycles. The number of ether oxygens (including phenoxy) is 3. The van der Waals surface area contributed by atoms with Gasteiger partial charge in [-0.05, 0) is 18.6 Å². The van der Waals surface area contributed by atoms with Gasteiger partial charge in [0.05, 0.1) is 26.5 Å². The first kappa shape index (κ1) is 18.0. The Morgan fingerprint density at radius 2 is 1.92 bits per heavy atom. The Bertz CT molecular complexity index is 790. The second-order valence-corrected chi connectivity index (χ2v) is 6.22. The fourth-order valence-electron chi connectivity index (χ4n) is 2.10. The minimum Gasteiger partial charge on any atom is -0.481 e. The summed E-state index contributed by atoms with van der Waals surface area (Å²) in [4.78, 5) is 12.7. The predicted molar refractivity (Wildman–Crippen MR) is 102 cm³/mol. The third kappa shape index (κ3) is 4.85. The third-order valence-corrected chi connectivity index (χ3v) is 4.34. The van der Waals surface area contributed by atoms with E-state index in [0.717, 1.165) is 29.4 Å². The zero-order chi connectivity index (χ0) is 18.2. The van der Waals surface area contributed by atoms with Crippen molar-refractivity contribution in [2.45, 2.75) is 6.42 Å². The predicted octanol–water partition coefficient (Wildman–Crippen LogP) is 2.70. The summed E-state index contributed by atoms with van der Waals surface area (Å²) in [6, 6.07) is 9.15. The van der Waals surface area contributed by atoms with Crippen LogP contribution in [0.4, 0.5) is 0 Å². The zero-order valence-electron chi connectivity index (χ0n) is 14.5. The van der Waals surface area contributed by atoms with Crippen molar-refractivity contribution < 1.29 is 14.2 Å². The summed E-state index contributed by atoms with van der Waals surface area (Å²) in [5.41, 5.74) is 3.72. The highest BCUT2D eigenvalue weighted by Crippen LogP contribution is 2.25. The van der Waals surface area contributed by atoms with Gasteiger partial charge in [0.25, 0.3) is 0 Å². The van der Waals surface area contributed by atoms with Gasteiger partial charge in [0.1, 0.15) is 5.75 Å². The van der Waals surface area contributed by atoms with Gasteiger partial charge in [-0.25, -0.2) is 0 Å². The van der Waals surface area contributed by atoms with Crippen molar-refractivity contribution in [1.29, 1.82) is 0 Å². The Balaban J connectivity index is 1.75. The van der Waals surface area contributed by atoms with Crippen LogP contribution in [0, 0.1) is 0 Å². The van der Waals surface area contributed by atoms with Crippen LogP contribution in [0.25, 0.3) is 0 Å². The first-order chi connectivity index (χ1) is 12.8. The Hall–Kier alpha value is -2.81. The number of nitrogens with one attached hydrogen (secondary N) is 1. The molecule has 1 aromatic heterocycles. The van der Waals surface area contributed by atoms with Crippen LogP contribution in [-0.2, 0) is 0 Å². The monoisotopic (exact) mass is 373 g/mol. The highest BCUT2D eigenvalue weighted by Gasteiger charge is 2.10. The molecule has 136 valence electrons. The van der Waals surface area contributed by atoms with E-state index in [0.29, 0.717) is 17.5 Å². The summed E-state index contributed by atoms with van der Waals surface area (Å²) in [7, 11) is 3.04. The fraction of sp³-hybridized carbons (Fsp3) is 0.294. The average Bonchev–Trinajstić information content (AvgIpc) is 2.69. The van der Waals surface area contributed by atoms with Gasteiger partial charge in [0.15, 0.2) is 5.17 Å². The van der Waals surface area contributed by atoms with Crippen LogP contribution in [0.2, 0.25) is 0 Å². The number of hydrazone groups is 1. The normalized spacial score (nSPS) is 14.0. The van der Waals surface area contributed by atoms with Crippen LogP contribution in [-0.4, -0.2) is 47.9 Å². The minimum atomic E-state index is 0.127. The molecule has 2 aromatic rings. The fourth-order valence-corrected chi connectivity index (χ4v) is 2.87. The standard InChI is InChI=1S/C17H19N5O3S/c1-23-14-10-15(24-2)21-16(20-14)25-13-7-4-3-6-12(13)11-19-22-17-18-8-5-9-26-17/h3-4,6-7,10-11H,5,8-9H2,1-2H3,(H,18,22)/b19-11+. The molecule has 0 atom stereocenters. The topological polar surface area (TPSA) is 90.2 Å². The summed E-state index contributed by atoms with van der Waals surface area (Å²) in [6.07, 6.45) is 2.77. The quantitative estimate of drug-likeness (QED) is 0.615. The van der Waals surface area contributed by atoms with Crippen molar-refractivity contribution >= 4 is 23.1 Å². The summed E-state index contributed by atoms with van der Waals surface area (Å²) < 4.78 is 16.1. The van der Waals surface area contributed by atoms with Crippen molar-refractivity contribution in [3.63, 3.8) is 0 Å². The average molecular weight is 373 g/mol. The zero-order valence-corrected chi connectivity index (χ0v) is 15.3. The van der Waals surface area contributed by atoms with E-state index in [-0.39, 0.29) is 6.01 Å². The molecular formula is C17H19N5O3S. The maximum Gasteiger partial charge on any atom is 0.328 e. The van der Waals surface area contributed by atoms with E-state index >= 15 is 0 Å². The van der Waals surface area contributed by atoms with Crippen molar-refractivity contribution in [1.82, 2.24) is 15.4 Å². The van der Waals surface area contributed by atoms with Crippen LogP contribution < -0.4 is 19.6 Å². The molecule has 3 rings (SSSR count). The Kier molecular flexibility index (Phi) is 6.26. The Labute approximate surface area is 155 Å². The molecule has 1 N–H and O–H groups in total. The lowest BCUT2D eigenvalue weighted by Crippen LogP contribution is -2.18. The van der Waals surface area contributed by atoms with Crippen LogP contribution in [0.15, 0.2) is 40.4 Å². The van der Waals surface area contributed by atoms with Gasteiger partial charge < -0.3 is 14.2 Å². The van der Waals surface area contributed by atoms with E-state index in [2.05, 4.69) is 25.5 Å². The lowest BCUT2D eigenvalue weighted by molar-refractivity contribution is 0.348. The number of benzene rings is 1. The molecule has 0 radical (unpaired) electrons. The molecular weight excluding hydrogens is 354 g/mol. The highest BCUT2D eigenvalue weighted by atomic mass is 32.2. The largest absolute Gasteiger partial charge is 0.481 e. The lowest BCUT2D eigenvalue weighted by Gasteiger charge is -2.10. The number of nitrogens with zero attached hydrogens (tertiary/aromatic N) is 4. The minimum absolute atomic E-state index is 0.127. The van der Waals surface area contributed by atoms with Gasteiger partial charge in [-0.2, -0.15) is 15.1 Å². The highest BCUT2D eigenvalue weighted by molar-refractivity contribution is 8.13. The number of hydrogen-bond acceptors (Lipinski definition) is 9. The van der Waals surface area contributed by atoms with E-state index in [9.17, 15) is 0 Å². The number of amidine groups is 1. The molecule has 0 amide bonds. The van der Waals surface area contributed by atoms with Crippen LogP contribution in [0.1, 0.15) is 12.0 Å². The molecule has 8 nitrogen and oxygen atoms in total. The van der Waals surface area contributed by atoms with Gasteiger partial charge in [-0.3, -0.25) is 10.4 Å². The molecule has 26 heavy (non-hydrogen) atoms. The van der Waals surface area contributed by atoms with E-state index < -0.39 is 0 Å².